The fourth-order valence-corrected chi connectivity index (χ4v) is 4.28. The van der Waals surface area contributed by atoms with Gasteiger partial charge in [-0.1, -0.05) is 55.5 Å². The molecule has 0 aliphatic carbocycles. The highest BCUT2D eigenvalue weighted by Crippen LogP contribution is 2.35. The summed E-state index contributed by atoms with van der Waals surface area (Å²) in [4.78, 5) is 26.4. The molecule has 0 unspecified atom stereocenters. The van der Waals surface area contributed by atoms with Crippen LogP contribution in [-0.4, -0.2) is 29.9 Å². The number of hydrogen-bond acceptors (Lipinski definition) is 3. The molecular weight excluding hydrogens is 386 g/mol. The first-order valence-electron chi connectivity index (χ1n) is 10.7. The van der Waals surface area contributed by atoms with Gasteiger partial charge in [0.15, 0.2) is 0 Å². The Kier molecular flexibility index (Phi) is 4.91. The fraction of sp³-hybridized carbons (Fsp3) is 0.185. The minimum absolute atomic E-state index is 0.219. The lowest BCUT2D eigenvalue weighted by atomic mass is 9.99. The van der Waals surface area contributed by atoms with Crippen molar-refractivity contribution in [1.29, 1.82) is 0 Å². The largest absolute Gasteiger partial charge is 0.492 e. The summed E-state index contributed by atoms with van der Waals surface area (Å²) in [6, 6.07) is 23.9. The summed E-state index contributed by atoms with van der Waals surface area (Å²) in [7, 11) is 0. The molecule has 1 aliphatic rings. The van der Waals surface area contributed by atoms with E-state index >= 15 is 0 Å². The molecule has 4 aromatic rings. The van der Waals surface area contributed by atoms with Crippen molar-refractivity contribution >= 4 is 33.4 Å². The second-order valence-electron chi connectivity index (χ2n) is 7.85. The maximum absolute atomic E-state index is 12.6. The predicted octanol–water partition coefficient (Wildman–Crippen LogP) is 5.62. The monoisotopic (exact) mass is 409 g/mol. The molecule has 0 atom stereocenters. The normalized spacial score (nSPS) is 13.3. The first-order valence-corrected chi connectivity index (χ1v) is 10.7. The number of carbonyl (C=O) groups excluding carboxylic acids is 2. The molecule has 0 bridgehead atoms. The van der Waals surface area contributed by atoms with E-state index in [2.05, 4.69) is 43.3 Å². The van der Waals surface area contributed by atoms with Crippen LogP contribution >= 0.6 is 0 Å². The Morgan fingerprint density at radius 2 is 1.45 bits per heavy atom. The van der Waals surface area contributed by atoms with E-state index in [0.717, 1.165) is 33.7 Å². The number of rotatable bonds is 6. The highest BCUT2D eigenvalue weighted by atomic mass is 16.5. The molecule has 154 valence electrons. The van der Waals surface area contributed by atoms with Crippen molar-refractivity contribution < 1.29 is 14.3 Å². The Labute approximate surface area is 181 Å². The van der Waals surface area contributed by atoms with Crippen molar-refractivity contribution in [3.63, 3.8) is 0 Å². The SMILES string of the molecule is CCc1ccc2cc3ccccc3c(OCCCN3C(=O)c4ccccc4C3=O)c2c1. The summed E-state index contributed by atoms with van der Waals surface area (Å²) >= 11 is 0. The van der Waals surface area contributed by atoms with E-state index in [1.165, 1.54) is 10.5 Å². The summed E-state index contributed by atoms with van der Waals surface area (Å²) in [5, 5.41) is 4.45. The van der Waals surface area contributed by atoms with E-state index in [1.54, 1.807) is 24.3 Å². The van der Waals surface area contributed by atoms with Crippen molar-refractivity contribution in [2.45, 2.75) is 19.8 Å². The van der Waals surface area contributed by atoms with Crippen LogP contribution in [0, 0.1) is 0 Å². The molecule has 5 rings (SSSR count). The van der Waals surface area contributed by atoms with Crippen LogP contribution < -0.4 is 4.74 Å². The minimum Gasteiger partial charge on any atom is -0.492 e. The molecule has 0 aromatic heterocycles. The number of fused-ring (bicyclic) bond motifs is 3. The van der Waals surface area contributed by atoms with E-state index in [9.17, 15) is 9.59 Å². The average molecular weight is 409 g/mol. The van der Waals surface area contributed by atoms with Gasteiger partial charge in [-0.05, 0) is 53.4 Å². The predicted molar refractivity (Wildman–Crippen MR) is 123 cm³/mol. The van der Waals surface area contributed by atoms with E-state index in [0.29, 0.717) is 30.7 Å². The van der Waals surface area contributed by atoms with Crippen molar-refractivity contribution in [2.24, 2.45) is 0 Å². The molecule has 0 saturated heterocycles. The summed E-state index contributed by atoms with van der Waals surface area (Å²) in [6.45, 7) is 2.91. The van der Waals surface area contributed by atoms with Gasteiger partial charge < -0.3 is 4.74 Å². The maximum Gasteiger partial charge on any atom is 0.261 e. The van der Waals surface area contributed by atoms with Crippen molar-refractivity contribution in [2.75, 3.05) is 13.2 Å². The highest BCUT2D eigenvalue weighted by Gasteiger charge is 2.34. The Bertz CT molecular complexity index is 1290. The summed E-state index contributed by atoms with van der Waals surface area (Å²) in [5.41, 5.74) is 2.24. The molecule has 4 aromatic carbocycles. The fourth-order valence-electron chi connectivity index (χ4n) is 4.28. The number of ether oxygens (including phenoxy) is 1. The average Bonchev–Trinajstić information content (AvgIpc) is 3.05. The van der Waals surface area contributed by atoms with Crippen LogP contribution in [0.15, 0.2) is 72.8 Å². The van der Waals surface area contributed by atoms with E-state index < -0.39 is 0 Å². The summed E-state index contributed by atoms with van der Waals surface area (Å²) in [5.74, 6) is 0.429. The first kappa shape index (κ1) is 19.3. The van der Waals surface area contributed by atoms with Crippen molar-refractivity contribution in [1.82, 2.24) is 4.90 Å². The third-order valence-corrected chi connectivity index (χ3v) is 5.94. The number of hydrogen-bond donors (Lipinski definition) is 0. The number of aryl methyl sites for hydroxylation is 1. The maximum atomic E-state index is 12.6. The Morgan fingerprint density at radius 1 is 0.774 bits per heavy atom. The molecule has 0 N–H and O–H groups in total. The lowest BCUT2D eigenvalue weighted by Gasteiger charge is -2.16. The Morgan fingerprint density at radius 3 is 2.19 bits per heavy atom. The molecule has 0 radical (unpaired) electrons. The van der Waals surface area contributed by atoms with Crippen LogP contribution in [0.2, 0.25) is 0 Å². The molecule has 0 fully saturated rings. The molecule has 1 aliphatic heterocycles. The zero-order valence-corrected chi connectivity index (χ0v) is 17.4. The number of carbonyl (C=O) groups is 2. The molecule has 0 spiro atoms. The number of benzene rings is 4. The zero-order valence-electron chi connectivity index (χ0n) is 17.4. The quantitative estimate of drug-likeness (QED) is 0.236. The van der Waals surface area contributed by atoms with Crippen LogP contribution in [-0.2, 0) is 6.42 Å². The Hall–Kier alpha value is -3.66. The third-order valence-electron chi connectivity index (χ3n) is 5.94. The molecular formula is C27H23NO3. The molecule has 2 amide bonds. The summed E-state index contributed by atoms with van der Waals surface area (Å²) < 4.78 is 6.29. The second-order valence-corrected chi connectivity index (χ2v) is 7.85. The van der Waals surface area contributed by atoms with Crippen LogP contribution in [0.1, 0.15) is 39.6 Å². The number of amides is 2. The first-order chi connectivity index (χ1) is 15.2. The molecule has 4 heteroatoms. The van der Waals surface area contributed by atoms with Gasteiger partial charge in [0.1, 0.15) is 5.75 Å². The van der Waals surface area contributed by atoms with E-state index in [-0.39, 0.29) is 11.8 Å². The number of nitrogens with zero attached hydrogens (tertiary/aromatic N) is 1. The van der Waals surface area contributed by atoms with Gasteiger partial charge >= 0.3 is 0 Å². The van der Waals surface area contributed by atoms with Crippen molar-refractivity contribution in [3.05, 3.63) is 89.5 Å². The van der Waals surface area contributed by atoms with Gasteiger partial charge in [-0.3, -0.25) is 14.5 Å². The summed E-state index contributed by atoms with van der Waals surface area (Å²) in [6.07, 6.45) is 1.53. The number of imide groups is 1. The lowest BCUT2D eigenvalue weighted by Crippen LogP contribution is -2.31. The third kappa shape index (κ3) is 3.34. The van der Waals surface area contributed by atoms with Crippen LogP contribution in [0.5, 0.6) is 5.75 Å². The lowest BCUT2D eigenvalue weighted by molar-refractivity contribution is 0.0647. The smallest absolute Gasteiger partial charge is 0.261 e. The topological polar surface area (TPSA) is 46.6 Å². The van der Waals surface area contributed by atoms with Gasteiger partial charge in [0.25, 0.3) is 11.8 Å². The van der Waals surface area contributed by atoms with Gasteiger partial charge in [0.05, 0.1) is 17.7 Å². The zero-order chi connectivity index (χ0) is 21.4. The second kappa shape index (κ2) is 7.88. The molecule has 31 heavy (non-hydrogen) atoms. The Balaban J connectivity index is 1.37. The van der Waals surface area contributed by atoms with Gasteiger partial charge in [-0.2, -0.15) is 0 Å². The highest BCUT2D eigenvalue weighted by molar-refractivity contribution is 6.21. The standard InChI is InChI=1S/C27H23NO3/c1-2-18-12-13-20-17-19-8-3-4-9-21(19)25(24(20)16-18)31-15-7-14-28-26(29)22-10-5-6-11-23(22)27(28)30/h3-6,8-13,16-17H,2,7,14-15H2,1H3. The van der Waals surface area contributed by atoms with Crippen LogP contribution in [0.25, 0.3) is 21.5 Å². The van der Waals surface area contributed by atoms with Crippen LogP contribution in [0.4, 0.5) is 0 Å². The van der Waals surface area contributed by atoms with Gasteiger partial charge in [0.2, 0.25) is 0 Å². The van der Waals surface area contributed by atoms with Gasteiger partial charge in [0, 0.05) is 17.3 Å². The molecule has 1 heterocycles. The van der Waals surface area contributed by atoms with E-state index in [1.807, 2.05) is 12.1 Å². The minimum atomic E-state index is -0.219. The van der Waals surface area contributed by atoms with Gasteiger partial charge in [-0.15, -0.1) is 0 Å². The van der Waals surface area contributed by atoms with E-state index in [4.69, 9.17) is 4.74 Å². The van der Waals surface area contributed by atoms with Gasteiger partial charge in [-0.25, -0.2) is 0 Å². The van der Waals surface area contributed by atoms with Crippen molar-refractivity contribution in [3.8, 4) is 5.75 Å². The van der Waals surface area contributed by atoms with Crippen LogP contribution in [0.3, 0.4) is 0 Å². The molecule has 4 nitrogen and oxygen atoms in total. The molecule has 0 saturated carbocycles.